The maximum absolute atomic E-state index is 12.4. The van der Waals surface area contributed by atoms with E-state index in [0.29, 0.717) is 22.2 Å². The zero-order valence-corrected chi connectivity index (χ0v) is 12.3. The van der Waals surface area contributed by atoms with Crippen LogP contribution in [0.25, 0.3) is 16.7 Å². The van der Waals surface area contributed by atoms with E-state index in [-0.39, 0.29) is 0 Å². The number of fused-ring (bicyclic) bond motifs is 1. The highest BCUT2D eigenvalue weighted by atomic mass is 35.5. The molecule has 0 saturated carbocycles. The third-order valence-corrected chi connectivity index (χ3v) is 3.53. The van der Waals surface area contributed by atoms with E-state index in [0.717, 1.165) is 11.1 Å². The standard InChI is InChI=1S/C15H13ClN4O/c1-9-7-8-10-13(17-2)19-15(21)20(14(10)18-9)12-6-4-3-5-11(12)16/h3-8H,1-2H3,(H,17,19,21). The van der Waals surface area contributed by atoms with Crippen LogP contribution in [-0.2, 0) is 0 Å². The Morgan fingerprint density at radius 3 is 2.62 bits per heavy atom. The lowest BCUT2D eigenvalue weighted by molar-refractivity contribution is 0.938. The molecule has 1 N–H and O–H groups in total. The maximum Gasteiger partial charge on any atom is 0.355 e. The molecular weight excluding hydrogens is 288 g/mol. The van der Waals surface area contributed by atoms with E-state index in [1.807, 2.05) is 31.2 Å². The Kier molecular flexibility index (Phi) is 3.35. The van der Waals surface area contributed by atoms with E-state index in [9.17, 15) is 4.79 Å². The van der Waals surface area contributed by atoms with Crippen molar-refractivity contribution in [2.45, 2.75) is 6.92 Å². The third kappa shape index (κ3) is 2.25. The van der Waals surface area contributed by atoms with Gasteiger partial charge in [-0.2, -0.15) is 4.98 Å². The summed E-state index contributed by atoms with van der Waals surface area (Å²) in [4.78, 5) is 20.9. The molecule has 0 aliphatic carbocycles. The van der Waals surface area contributed by atoms with Gasteiger partial charge in [-0.05, 0) is 31.2 Å². The van der Waals surface area contributed by atoms with Gasteiger partial charge in [0.05, 0.1) is 16.1 Å². The first kappa shape index (κ1) is 13.6. The van der Waals surface area contributed by atoms with Crippen LogP contribution in [0.1, 0.15) is 5.69 Å². The summed E-state index contributed by atoms with van der Waals surface area (Å²) in [5.74, 6) is 0.505. The fraction of sp³-hybridized carbons (Fsp3) is 0.133. The van der Waals surface area contributed by atoms with Crippen molar-refractivity contribution in [3.05, 3.63) is 57.6 Å². The average Bonchev–Trinajstić information content (AvgIpc) is 2.47. The summed E-state index contributed by atoms with van der Waals surface area (Å²) >= 11 is 6.21. The first-order valence-corrected chi connectivity index (χ1v) is 6.82. The molecule has 3 aromatic rings. The summed E-state index contributed by atoms with van der Waals surface area (Å²) in [6.07, 6.45) is 0. The Morgan fingerprint density at radius 1 is 1.14 bits per heavy atom. The molecule has 0 spiro atoms. The van der Waals surface area contributed by atoms with E-state index in [4.69, 9.17) is 11.6 Å². The number of benzene rings is 1. The number of para-hydroxylation sites is 1. The van der Waals surface area contributed by atoms with Crippen LogP contribution in [0.4, 0.5) is 5.82 Å². The van der Waals surface area contributed by atoms with E-state index in [1.54, 1.807) is 19.2 Å². The van der Waals surface area contributed by atoms with E-state index < -0.39 is 5.69 Å². The molecule has 0 saturated heterocycles. The first-order chi connectivity index (χ1) is 10.1. The van der Waals surface area contributed by atoms with Crippen molar-refractivity contribution in [3.63, 3.8) is 0 Å². The number of rotatable bonds is 2. The Balaban J connectivity index is 2.48. The van der Waals surface area contributed by atoms with Crippen LogP contribution in [0.15, 0.2) is 41.2 Å². The minimum atomic E-state index is -0.418. The predicted molar refractivity (Wildman–Crippen MR) is 84.4 cm³/mol. The van der Waals surface area contributed by atoms with Gasteiger partial charge >= 0.3 is 5.69 Å². The third-order valence-electron chi connectivity index (χ3n) is 3.21. The highest BCUT2D eigenvalue weighted by Gasteiger charge is 2.14. The van der Waals surface area contributed by atoms with Gasteiger partial charge in [-0.15, -0.1) is 0 Å². The molecular formula is C15H13ClN4O. The quantitative estimate of drug-likeness (QED) is 0.790. The first-order valence-electron chi connectivity index (χ1n) is 6.45. The number of nitrogens with one attached hydrogen (secondary N) is 1. The second kappa shape index (κ2) is 5.18. The summed E-state index contributed by atoms with van der Waals surface area (Å²) < 4.78 is 1.44. The number of halogens is 1. The largest absolute Gasteiger partial charge is 0.372 e. The monoisotopic (exact) mass is 300 g/mol. The van der Waals surface area contributed by atoms with Crippen LogP contribution in [-0.4, -0.2) is 21.6 Å². The predicted octanol–water partition coefficient (Wildman–Crippen LogP) is 2.78. The van der Waals surface area contributed by atoms with Crippen molar-refractivity contribution >= 4 is 28.5 Å². The molecule has 5 nitrogen and oxygen atoms in total. The number of aryl methyl sites for hydroxylation is 1. The van der Waals surface area contributed by atoms with Crippen molar-refractivity contribution in [1.29, 1.82) is 0 Å². The van der Waals surface area contributed by atoms with Crippen molar-refractivity contribution < 1.29 is 0 Å². The maximum atomic E-state index is 12.4. The number of hydrogen-bond acceptors (Lipinski definition) is 4. The number of hydrogen-bond donors (Lipinski definition) is 1. The molecule has 0 bridgehead atoms. The molecule has 2 heterocycles. The van der Waals surface area contributed by atoms with Crippen LogP contribution in [0.3, 0.4) is 0 Å². The van der Waals surface area contributed by atoms with Gasteiger partial charge in [-0.25, -0.2) is 14.3 Å². The number of anilines is 1. The Morgan fingerprint density at radius 2 is 1.90 bits per heavy atom. The molecule has 0 fully saturated rings. The molecule has 0 aliphatic heterocycles. The van der Waals surface area contributed by atoms with Crippen LogP contribution >= 0.6 is 11.6 Å². The molecule has 21 heavy (non-hydrogen) atoms. The highest BCUT2D eigenvalue weighted by molar-refractivity contribution is 6.32. The smallest absolute Gasteiger partial charge is 0.355 e. The summed E-state index contributed by atoms with van der Waals surface area (Å²) in [5.41, 5.74) is 1.50. The molecule has 0 aliphatic rings. The lowest BCUT2D eigenvalue weighted by atomic mass is 10.2. The van der Waals surface area contributed by atoms with Crippen molar-refractivity contribution in [2.24, 2.45) is 0 Å². The zero-order valence-electron chi connectivity index (χ0n) is 11.6. The number of pyridine rings is 1. The number of aromatic nitrogens is 3. The summed E-state index contributed by atoms with van der Waals surface area (Å²) in [6.45, 7) is 1.88. The van der Waals surface area contributed by atoms with Crippen LogP contribution in [0, 0.1) is 6.92 Å². The summed E-state index contributed by atoms with van der Waals surface area (Å²) in [5, 5.41) is 4.17. The van der Waals surface area contributed by atoms with E-state index in [2.05, 4.69) is 15.3 Å². The van der Waals surface area contributed by atoms with Gasteiger partial charge in [0.2, 0.25) is 0 Å². The van der Waals surface area contributed by atoms with E-state index in [1.165, 1.54) is 4.57 Å². The molecule has 106 valence electrons. The van der Waals surface area contributed by atoms with Gasteiger partial charge in [0.15, 0.2) is 5.65 Å². The van der Waals surface area contributed by atoms with Gasteiger partial charge in [0.1, 0.15) is 5.82 Å². The molecule has 1 aromatic carbocycles. The molecule has 0 amide bonds. The lowest BCUT2D eigenvalue weighted by Crippen LogP contribution is -2.24. The van der Waals surface area contributed by atoms with Gasteiger partial charge in [-0.1, -0.05) is 23.7 Å². The zero-order chi connectivity index (χ0) is 15.0. The summed E-state index contributed by atoms with van der Waals surface area (Å²) in [7, 11) is 1.72. The minimum absolute atomic E-state index is 0.418. The topological polar surface area (TPSA) is 59.8 Å². The van der Waals surface area contributed by atoms with Crippen LogP contribution in [0.2, 0.25) is 5.02 Å². The molecule has 2 aromatic heterocycles. The average molecular weight is 301 g/mol. The minimum Gasteiger partial charge on any atom is -0.372 e. The summed E-state index contributed by atoms with van der Waals surface area (Å²) in [6, 6.07) is 10.9. The second-order valence-electron chi connectivity index (χ2n) is 4.60. The molecule has 0 radical (unpaired) electrons. The van der Waals surface area contributed by atoms with Crippen molar-refractivity contribution in [3.8, 4) is 5.69 Å². The normalized spacial score (nSPS) is 10.8. The SMILES string of the molecule is CNc1nc(=O)n(-c2ccccc2Cl)c2nc(C)ccc12. The van der Waals surface area contributed by atoms with Gasteiger partial charge in [-0.3, -0.25) is 0 Å². The van der Waals surface area contributed by atoms with Crippen molar-refractivity contribution in [1.82, 2.24) is 14.5 Å². The number of nitrogens with zero attached hydrogens (tertiary/aromatic N) is 3. The van der Waals surface area contributed by atoms with Gasteiger partial charge in [0.25, 0.3) is 0 Å². The van der Waals surface area contributed by atoms with Gasteiger partial charge < -0.3 is 5.32 Å². The van der Waals surface area contributed by atoms with Crippen molar-refractivity contribution in [2.75, 3.05) is 12.4 Å². The fourth-order valence-electron chi connectivity index (χ4n) is 2.24. The lowest BCUT2D eigenvalue weighted by Gasteiger charge is -2.13. The second-order valence-corrected chi connectivity index (χ2v) is 5.01. The van der Waals surface area contributed by atoms with E-state index >= 15 is 0 Å². The van der Waals surface area contributed by atoms with Crippen LogP contribution in [0.5, 0.6) is 0 Å². The Hall–Kier alpha value is -2.40. The molecule has 6 heteroatoms. The molecule has 3 rings (SSSR count). The Bertz CT molecular complexity index is 888. The molecule has 0 atom stereocenters. The highest BCUT2D eigenvalue weighted by Crippen LogP contribution is 2.24. The fourth-order valence-corrected chi connectivity index (χ4v) is 2.46. The van der Waals surface area contributed by atoms with Gasteiger partial charge in [0, 0.05) is 12.7 Å². The molecule has 0 unspecified atom stereocenters. The van der Waals surface area contributed by atoms with Crippen LogP contribution < -0.4 is 11.0 Å². The Labute approximate surface area is 126 Å².